The highest BCUT2D eigenvalue weighted by atomic mass is 16.7. The van der Waals surface area contributed by atoms with Gasteiger partial charge < -0.3 is 19.3 Å². The zero-order valence-electron chi connectivity index (χ0n) is 16.7. The molecule has 0 bridgehead atoms. The lowest BCUT2D eigenvalue weighted by Crippen LogP contribution is -3.07. The fourth-order valence-electron chi connectivity index (χ4n) is 3.43. The molecule has 0 atom stereocenters. The van der Waals surface area contributed by atoms with Gasteiger partial charge in [0.25, 0.3) is 5.91 Å². The molecule has 1 amide bonds. The molecule has 29 heavy (non-hydrogen) atoms. The summed E-state index contributed by atoms with van der Waals surface area (Å²) >= 11 is 0. The number of quaternary nitrogens is 1. The van der Waals surface area contributed by atoms with Crippen molar-refractivity contribution in [1.82, 2.24) is 0 Å². The van der Waals surface area contributed by atoms with Crippen molar-refractivity contribution in [2.24, 2.45) is 0 Å². The van der Waals surface area contributed by atoms with Gasteiger partial charge >= 0.3 is 0 Å². The summed E-state index contributed by atoms with van der Waals surface area (Å²) in [5, 5.41) is 0. The van der Waals surface area contributed by atoms with Crippen LogP contribution in [0, 0.1) is 0 Å². The molecule has 3 aromatic rings. The molecule has 1 aliphatic heterocycles. The van der Waals surface area contributed by atoms with E-state index >= 15 is 0 Å². The molecule has 0 spiro atoms. The van der Waals surface area contributed by atoms with E-state index in [1.54, 1.807) is 0 Å². The molecule has 0 saturated carbocycles. The number of nitrogens with zero attached hydrogens (tertiary/aromatic N) is 1. The second-order valence-electron chi connectivity index (χ2n) is 7.47. The predicted molar refractivity (Wildman–Crippen MR) is 113 cm³/mol. The van der Waals surface area contributed by atoms with Gasteiger partial charge in [-0.1, -0.05) is 48.5 Å². The van der Waals surface area contributed by atoms with Crippen LogP contribution in [0.4, 0.5) is 5.69 Å². The Hall–Kier alpha value is -3.31. The van der Waals surface area contributed by atoms with Crippen LogP contribution in [-0.2, 0) is 11.3 Å². The van der Waals surface area contributed by atoms with Crippen LogP contribution in [0.15, 0.2) is 72.8 Å². The smallest absolute Gasteiger partial charge is 0.282 e. The summed E-state index contributed by atoms with van der Waals surface area (Å²) in [6.07, 6.45) is 0. The molecule has 1 heterocycles. The second kappa shape index (κ2) is 8.37. The maximum atomic E-state index is 13.1. The Morgan fingerprint density at radius 1 is 0.897 bits per heavy atom. The van der Waals surface area contributed by atoms with Gasteiger partial charge in [-0.15, -0.1) is 0 Å². The monoisotopic (exact) mass is 389 g/mol. The molecule has 3 aromatic carbocycles. The number of likely N-dealkylation sites (N-methyl/N-ethyl adjacent to an activating group) is 1. The quantitative estimate of drug-likeness (QED) is 0.705. The molecule has 1 aliphatic rings. The van der Waals surface area contributed by atoms with Crippen molar-refractivity contribution >= 4 is 11.6 Å². The minimum Gasteiger partial charge on any atom is -0.454 e. The first-order chi connectivity index (χ1) is 14.1. The second-order valence-corrected chi connectivity index (χ2v) is 7.47. The Morgan fingerprint density at radius 2 is 1.66 bits per heavy atom. The topological polar surface area (TPSA) is 43.2 Å². The molecule has 0 unspecified atom stereocenters. The van der Waals surface area contributed by atoms with Gasteiger partial charge in [-0.25, -0.2) is 0 Å². The number of carbonyl (C=O) groups is 1. The van der Waals surface area contributed by atoms with Crippen molar-refractivity contribution in [3.05, 3.63) is 78.4 Å². The molecule has 5 nitrogen and oxygen atoms in total. The third-order valence-electron chi connectivity index (χ3n) is 4.85. The summed E-state index contributed by atoms with van der Waals surface area (Å²) in [5.74, 6) is 1.55. The molecule has 0 aliphatic carbocycles. The third-order valence-corrected chi connectivity index (χ3v) is 4.85. The highest BCUT2D eigenvalue weighted by Crippen LogP contribution is 2.33. The predicted octanol–water partition coefficient (Wildman–Crippen LogP) is 2.76. The normalized spacial score (nSPS) is 12.2. The van der Waals surface area contributed by atoms with Crippen molar-refractivity contribution in [3.8, 4) is 22.6 Å². The molecule has 4 rings (SSSR count). The average molecular weight is 389 g/mol. The Bertz CT molecular complexity index is 1000. The number of ether oxygens (including phenoxy) is 2. The van der Waals surface area contributed by atoms with E-state index in [1.807, 2.05) is 67.5 Å². The number of anilines is 1. The molecule has 148 valence electrons. The Morgan fingerprint density at radius 3 is 2.45 bits per heavy atom. The van der Waals surface area contributed by atoms with Crippen LogP contribution in [0.2, 0.25) is 0 Å². The van der Waals surface area contributed by atoms with E-state index in [0.29, 0.717) is 13.1 Å². The maximum Gasteiger partial charge on any atom is 0.282 e. The fraction of sp³-hybridized carbons (Fsp3) is 0.208. The summed E-state index contributed by atoms with van der Waals surface area (Å²) in [4.78, 5) is 16.0. The first-order valence-electron chi connectivity index (χ1n) is 9.73. The van der Waals surface area contributed by atoms with Gasteiger partial charge in [0, 0.05) is 5.69 Å². The third kappa shape index (κ3) is 4.41. The van der Waals surface area contributed by atoms with Crippen LogP contribution >= 0.6 is 0 Å². The van der Waals surface area contributed by atoms with Gasteiger partial charge in [-0.05, 0) is 41.0 Å². The largest absolute Gasteiger partial charge is 0.454 e. The molecule has 0 saturated heterocycles. The molecule has 0 radical (unpaired) electrons. The number of hydrogen-bond acceptors (Lipinski definition) is 3. The molecule has 1 N–H and O–H groups in total. The van der Waals surface area contributed by atoms with Crippen molar-refractivity contribution in [2.45, 2.75) is 6.54 Å². The first kappa shape index (κ1) is 19.0. The molecular weight excluding hydrogens is 364 g/mol. The van der Waals surface area contributed by atoms with Crippen molar-refractivity contribution in [2.75, 3.05) is 32.3 Å². The van der Waals surface area contributed by atoms with Gasteiger partial charge in [0.1, 0.15) is 0 Å². The van der Waals surface area contributed by atoms with Crippen LogP contribution in [0.5, 0.6) is 11.5 Å². The maximum absolute atomic E-state index is 13.1. The number of amides is 1. The lowest BCUT2D eigenvalue weighted by atomic mass is 10.0. The van der Waals surface area contributed by atoms with E-state index in [-0.39, 0.29) is 12.7 Å². The van der Waals surface area contributed by atoms with Crippen molar-refractivity contribution in [1.29, 1.82) is 0 Å². The lowest BCUT2D eigenvalue weighted by Gasteiger charge is -2.24. The van der Waals surface area contributed by atoms with E-state index in [1.165, 1.54) is 0 Å². The van der Waals surface area contributed by atoms with Gasteiger partial charge in [0.05, 0.1) is 20.6 Å². The fourth-order valence-corrected chi connectivity index (χ4v) is 3.43. The zero-order valence-corrected chi connectivity index (χ0v) is 16.7. The molecule has 5 heteroatoms. The Kier molecular flexibility index (Phi) is 5.49. The van der Waals surface area contributed by atoms with Gasteiger partial charge in [0.15, 0.2) is 18.0 Å². The average Bonchev–Trinajstić information content (AvgIpc) is 3.20. The summed E-state index contributed by atoms with van der Waals surface area (Å²) in [5.41, 5.74) is 4.10. The first-order valence-corrected chi connectivity index (χ1v) is 9.73. The van der Waals surface area contributed by atoms with E-state index in [0.717, 1.165) is 38.8 Å². The van der Waals surface area contributed by atoms with E-state index in [9.17, 15) is 4.79 Å². The SMILES string of the molecule is C[NH+](C)CC(=O)N(Cc1ccc2c(c1)OCO2)c1cccc(-c2ccccc2)c1. The number of nitrogens with one attached hydrogen (secondary N) is 1. The molecule has 0 fully saturated rings. The number of benzene rings is 3. The molecule has 0 aromatic heterocycles. The zero-order chi connectivity index (χ0) is 20.2. The summed E-state index contributed by atoms with van der Waals surface area (Å²) in [6.45, 7) is 1.13. The van der Waals surface area contributed by atoms with Crippen LogP contribution < -0.4 is 19.3 Å². The van der Waals surface area contributed by atoms with Crippen LogP contribution in [0.25, 0.3) is 11.1 Å². The summed E-state index contributed by atoms with van der Waals surface area (Å²) in [7, 11) is 3.97. The van der Waals surface area contributed by atoms with E-state index in [2.05, 4.69) is 24.3 Å². The summed E-state index contributed by atoms with van der Waals surface area (Å²) < 4.78 is 10.9. The van der Waals surface area contributed by atoms with Crippen molar-refractivity contribution < 1.29 is 19.2 Å². The van der Waals surface area contributed by atoms with Gasteiger partial charge in [-0.2, -0.15) is 0 Å². The van der Waals surface area contributed by atoms with Gasteiger partial charge in [-0.3, -0.25) is 4.79 Å². The number of hydrogen-bond donors (Lipinski definition) is 1. The van der Waals surface area contributed by atoms with Crippen LogP contribution in [0.3, 0.4) is 0 Å². The highest BCUT2D eigenvalue weighted by molar-refractivity contribution is 5.94. The van der Waals surface area contributed by atoms with E-state index < -0.39 is 0 Å². The minimum absolute atomic E-state index is 0.0767. The Labute approximate surface area is 171 Å². The van der Waals surface area contributed by atoms with Gasteiger partial charge in [0.2, 0.25) is 6.79 Å². The minimum atomic E-state index is 0.0767. The molecular formula is C24H25N2O3+. The Balaban J connectivity index is 1.66. The lowest BCUT2D eigenvalue weighted by molar-refractivity contribution is -0.849. The van der Waals surface area contributed by atoms with E-state index in [4.69, 9.17) is 9.47 Å². The summed E-state index contributed by atoms with van der Waals surface area (Å²) in [6, 6.07) is 24.2. The number of fused-ring (bicyclic) bond motifs is 1. The standard InChI is InChI=1S/C24H24N2O3/c1-25(2)16-24(27)26(15-18-11-12-22-23(13-18)29-17-28-22)21-10-6-9-20(14-21)19-7-4-3-5-8-19/h3-14H,15-17H2,1-2H3/p+1. The number of carbonyl (C=O) groups excluding carboxylic acids is 1. The van der Waals surface area contributed by atoms with Crippen LogP contribution in [0.1, 0.15) is 5.56 Å². The van der Waals surface area contributed by atoms with Crippen molar-refractivity contribution in [3.63, 3.8) is 0 Å². The highest BCUT2D eigenvalue weighted by Gasteiger charge is 2.21. The number of rotatable bonds is 6. The van der Waals surface area contributed by atoms with Crippen LogP contribution in [-0.4, -0.2) is 33.3 Å².